The van der Waals surface area contributed by atoms with Gasteiger partial charge in [0.05, 0.1) is 46.8 Å². The molecular weight excluding hydrogens is 903 g/mol. The Bertz CT molecular complexity index is 1540. The zero-order chi connectivity index (χ0) is 46.9. The smallest absolute Gasteiger partial charge is 0.305 e. The lowest BCUT2D eigenvalue weighted by molar-refractivity contribution is 0.203. The Morgan fingerprint density at radius 2 is 0.569 bits per heavy atom. The van der Waals surface area contributed by atoms with Crippen molar-refractivity contribution in [2.24, 2.45) is 0 Å². The van der Waals surface area contributed by atoms with Gasteiger partial charge < -0.3 is 18.1 Å². The number of hydrogen-bond acceptors (Lipinski definition) is 9. The van der Waals surface area contributed by atoms with Crippen LogP contribution in [0, 0.1) is 13.8 Å². The van der Waals surface area contributed by atoms with Crippen LogP contribution in [0.1, 0.15) is 243 Å². The Kier molecular flexibility index (Phi) is 32.8. The summed E-state index contributed by atoms with van der Waals surface area (Å²) < 4.78 is 59.1. The van der Waals surface area contributed by atoms with Gasteiger partial charge in [-0.1, -0.05) is 207 Å². The molecule has 0 bridgehead atoms. The fourth-order valence-corrected chi connectivity index (χ4v) is 17.1. The normalized spacial score (nSPS) is 12.3. The van der Waals surface area contributed by atoms with E-state index in [9.17, 15) is 0 Å². The topological polar surface area (TPSA) is 71.1 Å². The third kappa shape index (κ3) is 23.2. The fraction of sp³-hybridized carbons (Fsp3) is 0.778. The molecular formula is C54H94O6P2S3. The molecule has 0 radical (unpaired) electrons. The second-order valence-corrected chi connectivity index (χ2v) is 26.0. The van der Waals surface area contributed by atoms with Gasteiger partial charge in [0.15, 0.2) is 0 Å². The summed E-state index contributed by atoms with van der Waals surface area (Å²) in [6.45, 7) is 14.5. The number of hydrogen-bond donors (Lipinski definition) is 0. The van der Waals surface area contributed by atoms with Crippen molar-refractivity contribution in [3.8, 4) is 19.5 Å². The van der Waals surface area contributed by atoms with E-state index in [-0.39, 0.29) is 0 Å². The summed E-state index contributed by atoms with van der Waals surface area (Å²) in [4.78, 5) is 5.88. The molecule has 0 amide bonds. The predicted molar refractivity (Wildman–Crippen MR) is 289 cm³/mol. The van der Waals surface area contributed by atoms with Gasteiger partial charge in [-0.25, -0.2) is 0 Å². The van der Waals surface area contributed by atoms with Gasteiger partial charge in [0.1, 0.15) is 0 Å². The maximum atomic E-state index is 16.1. The van der Waals surface area contributed by atoms with Crippen LogP contribution in [0.2, 0.25) is 0 Å². The summed E-state index contributed by atoms with van der Waals surface area (Å²) in [5, 5.41) is 0.833. The third-order valence-corrected chi connectivity index (χ3v) is 20.5. The minimum absolute atomic E-state index is 0.317. The molecule has 3 rings (SSSR count). The summed E-state index contributed by atoms with van der Waals surface area (Å²) >= 11 is 4.89. The highest BCUT2D eigenvalue weighted by Crippen LogP contribution is 2.60. The quantitative estimate of drug-likeness (QED) is 0.0415. The highest BCUT2D eigenvalue weighted by molar-refractivity contribution is 7.71. The van der Waals surface area contributed by atoms with E-state index in [0.717, 1.165) is 106 Å². The first-order valence-corrected chi connectivity index (χ1v) is 32.4. The van der Waals surface area contributed by atoms with Crippen molar-refractivity contribution in [1.82, 2.24) is 0 Å². The standard InChI is InChI=1S/C54H94O6P2S3/c1-7-11-15-19-23-27-31-35-43-57-61(55,58-44-36-32-28-24-20-16-12-8-2)51-52(54(50-42-40-48(6)64-50)65-53(51)49-41-39-47(5)63-49)62(56,59-45-37-33-29-25-21-17-13-9-3)60-46-38-34-30-26-22-18-14-10-4/h39-42H,7-38,43-46H2,1-6H3. The minimum atomic E-state index is -4.07. The molecule has 0 atom stereocenters. The molecule has 0 N–H and O–H groups in total. The zero-order valence-corrected chi connectivity index (χ0v) is 46.6. The van der Waals surface area contributed by atoms with Crippen molar-refractivity contribution in [2.75, 3.05) is 26.4 Å². The molecule has 374 valence electrons. The van der Waals surface area contributed by atoms with Gasteiger partial charge in [-0.05, 0) is 63.8 Å². The van der Waals surface area contributed by atoms with Crippen molar-refractivity contribution in [3.63, 3.8) is 0 Å². The molecule has 3 aromatic rings. The first-order valence-electron chi connectivity index (χ1n) is 26.8. The van der Waals surface area contributed by atoms with E-state index in [1.807, 2.05) is 0 Å². The van der Waals surface area contributed by atoms with E-state index >= 15 is 9.13 Å². The van der Waals surface area contributed by atoms with Crippen LogP contribution in [0.25, 0.3) is 19.5 Å². The lowest BCUT2D eigenvalue weighted by atomic mass is 10.1. The summed E-state index contributed by atoms with van der Waals surface area (Å²) in [5.41, 5.74) is 0. The van der Waals surface area contributed by atoms with E-state index in [0.29, 0.717) is 37.0 Å². The van der Waals surface area contributed by atoms with E-state index in [1.54, 1.807) is 34.0 Å². The Labute approximate surface area is 411 Å². The number of thiophene rings is 3. The molecule has 0 aliphatic heterocycles. The van der Waals surface area contributed by atoms with Crippen molar-refractivity contribution in [1.29, 1.82) is 0 Å². The molecule has 0 saturated heterocycles. The first-order chi connectivity index (χ1) is 31.7. The van der Waals surface area contributed by atoms with Crippen molar-refractivity contribution >= 4 is 59.8 Å². The van der Waals surface area contributed by atoms with Gasteiger partial charge in [0.25, 0.3) is 0 Å². The molecule has 0 unspecified atom stereocenters. The largest absolute Gasteiger partial charge is 0.363 e. The molecule has 65 heavy (non-hydrogen) atoms. The lowest BCUT2D eigenvalue weighted by Gasteiger charge is -2.25. The lowest BCUT2D eigenvalue weighted by Crippen LogP contribution is -2.29. The molecule has 0 aliphatic carbocycles. The van der Waals surface area contributed by atoms with Gasteiger partial charge in [0.2, 0.25) is 0 Å². The van der Waals surface area contributed by atoms with Gasteiger partial charge in [-0.3, -0.25) is 9.13 Å². The SMILES string of the molecule is CCCCCCCCCCOP(=O)(OCCCCCCCCCC)c1c(-c2ccc(C)s2)sc(-c2ccc(C)s2)c1P(=O)(OCCCCCCCCCC)OCCCCCCCCCC. The molecule has 3 heterocycles. The maximum absolute atomic E-state index is 16.1. The zero-order valence-electron chi connectivity index (χ0n) is 42.3. The molecule has 0 spiro atoms. The van der Waals surface area contributed by atoms with Crippen LogP contribution >= 0.6 is 49.2 Å². The van der Waals surface area contributed by atoms with E-state index in [1.165, 1.54) is 128 Å². The highest BCUT2D eigenvalue weighted by Gasteiger charge is 2.46. The molecule has 0 saturated carbocycles. The molecule has 3 aromatic heterocycles. The van der Waals surface area contributed by atoms with Crippen LogP contribution in [0.3, 0.4) is 0 Å². The van der Waals surface area contributed by atoms with Crippen molar-refractivity contribution in [2.45, 2.75) is 247 Å². The van der Waals surface area contributed by atoms with E-state index < -0.39 is 15.2 Å². The van der Waals surface area contributed by atoms with E-state index in [4.69, 9.17) is 18.1 Å². The Hall–Kier alpha value is -0.600. The fourth-order valence-electron chi connectivity index (χ4n) is 8.38. The van der Waals surface area contributed by atoms with Crippen LogP contribution in [0.4, 0.5) is 0 Å². The molecule has 0 aliphatic rings. The average Bonchev–Trinajstić information content (AvgIpc) is 4.05. The number of aryl methyl sites for hydroxylation is 2. The van der Waals surface area contributed by atoms with E-state index in [2.05, 4.69) is 65.8 Å². The Balaban J connectivity index is 2.06. The minimum Gasteiger partial charge on any atom is -0.305 e. The Morgan fingerprint density at radius 1 is 0.338 bits per heavy atom. The van der Waals surface area contributed by atoms with Crippen LogP contribution in [0.5, 0.6) is 0 Å². The van der Waals surface area contributed by atoms with Gasteiger partial charge in [0, 0.05) is 19.5 Å². The first kappa shape index (κ1) is 58.7. The van der Waals surface area contributed by atoms with Crippen LogP contribution in [0.15, 0.2) is 24.3 Å². The molecule has 0 aromatic carbocycles. The number of rotatable bonds is 44. The van der Waals surface area contributed by atoms with Crippen LogP contribution < -0.4 is 10.6 Å². The van der Waals surface area contributed by atoms with Gasteiger partial charge >= 0.3 is 15.2 Å². The molecule has 6 nitrogen and oxygen atoms in total. The summed E-state index contributed by atoms with van der Waals surface area (Å²) in [6.07, 6.45) is 36.9. The van der Waals surface area contributed by atoms with Gasteiger partial charge in [-0.15, -0.1) is 34.0 Å². The monoisotopic (exact) mass is 997 g/mol. The third-order valence-electron chi connectivity index (χ3n) is 12.4. The maximum Gasteiger partial charge on any atom is 0.363 e. The van der Waals surface area contributed by atoms with Gasteiger partial charge in [-0.2, -0.15) is 0 Å². The molecule has 0 fully saturated rings. The molecule has 11 heteroatoms. The summed E-state index contributed by atoms with van der Waals surface area (Å²) in [5.74, 6) is 0. The predicted octanol–water partition coefficient (Wildman–Crippen LogP) is 20.1. The van der Waals surface area contributed by atoms with Crippen LogP contribution in [-0.2, 0) is 27.2 Å². The number of unbranched alkanes of at least 4 members (excludes halogenated alkanes) is 28. The van der Waals surface area contributed by atoms with Crippen molar-refractivity contribution < 1.29 is 27.2 Å². The highest BCUT2D eigenvalue weighted by atomic mass is 32.1. The summed E-state index contributed by atoms with van der Waals surface area (Å²) in [7, 11) is -8.14. The Morgan fingerprint density at radius 3 is 0.785 bits per heavy atom. The average molecular weight is 997 g/mol. The second-order valence-electron chi connectivity index (χ2n) is 18.5. The van der Waals surface area contributed by atoms with Crippen LogP contribution in [-0.4, -0.2) is 26.4 Å². The second kappa shape index (κ2) is 36.4. The van der Waals surface area contributed by atoms with Crippen molar-refractivity contribution in [3.05, 3.63) is 34.0 Å². The summed E-state index contributed by atoms with van der Waals surface area (Å²) in [6, 6.07) is 8.45.